The molecule has 0 heterocycles. The Morgan fingerprint density at radius 2 is 1.73 bits per heavy atom. The minimum atomic E-state index is -0.878. The fourth-order valence-electron chi connectivity index (χ4n) is 2.61. The summed E-state index contributed by atoms with van der Waals surface area (Å²) in [5, 5.41) is 9.03. The minimum absolute atomic E-state index is 0.311. The predicted molar refractivity (Wildman–Crippen MR) is 54.3 cm³/mol. The second-order valence-electron chi connectivity index (χ2n) is 3.99. The number of aliphatic carboxylic acids is 1. The Morgan fingerprint density at radius 1 is 1.20 bits per heavy atom. The largest absolute Gasteiger partial charge is 0.481 e. The van der Waals surface area contributed by atoms with Gasteiger partial charge >= 0.3 is 11.9 Å². The van der Waals surface area contributed by atoms with E-state index in [1.54, 1.807) is 6.92 Å². The first kappa shape index (κ1) is 12.0. The lowest BCUT2D eigenvalue weighted by molar-refractivity contribution is -0.148. The van der Waals surface area contributed by atoms with Crippen molar-refractivity contribution in [3.05, 3.63) is 0 Å². The van der Waals surface area contributed by atoms with Crippen LogP contribution in [0.5, 0.6) is 0 Å². The first-order valence-corrected chi connectivity index (χ1v) is 5.44. The van der Waals surface area contributed by atoms with Gasteiger partial charge in [0.2, 0.25) is 0 Å². The fourth-order valence-corrected chi connectivity index (χ4v) is 2.61. The molecule has 2 atom stereocenters. The summed E-state index contributed by atoms with van der Waals surface area (Å²) in [6.45, 7) is 5.90. The predicted octanol–water partition coefficient (Wildman–Crippen LogP) is 1.69. The van der Waals surface area contributed by atoms with Gasteiger partial charge in [0.25, 0.3) is 0 Å². The fraction of sp³-hybridized carbons (Fsp3) is 0.818. The molecule has 1 aliphatic carbocycles. The van der Waals surface area contributed by atoms with Crippen molar-refractivity contribution < 1.29 is 19.4 Å². The topological polar surface area (TPSA) is 63.6 Å². The summed E-state index contributed by atoms with van der Waals surface area (Å²) in [7, 11) is 0. The van der Waals surface area contributed by atoms with Crippen LogP contribution in [0.15, 0.2) is 0 Å². The molecule has 1 fully saturated rings. The number of hydrogen-bond acceptors (Lipinski definition) is 3. The summed E-state index contributed by atoms with van der Waals surface area (Å²) in [4.78, 5) is 22.6. The highest BCUT2D eigenvalue weighted by Crippen LogP contribution is 2.63. The third-order valence-electron chi connectivity index (χ3n) is 3.59. The first-order chi connectivity index (χ1) is 7.05. The van der Waals surface area contributed by atoms with Gasteiger partial charge in [0.1, 0.15) is 0 Å². The molecular weight excluding hydrogens is 196 g/mol. The van der Waals surface area contributed by atoms with Crippen LogP contribution in [0.2, 0.25) is 0 Å². The van der Waals surface area contributed by atoms with Gasteiger partial charge in [-0.15, -0.1) is 0 Å². The number of carbonyl (C=O) groups excluding carboxylic acids is 1. The molecule has 0 saturated heterocycles. The van der Waals surface area contributed by atoms with Crippen molar-refractivity contribution in [2.45, 2.75) is 33.6 Å². The molecule has 0 aromatic carbocycles. The molecule has 1 aliphatic rings. The van der Waals surface area contributed by atoms with Crippen LogP contribution in [0.25, 0.3) is 0 Å². The number of esters is 1. The van der Waals surface area contributed by atoms with E-state index in [9.17, 15) is 9.59 Å². The number of hydrogen-bond donors (Lipinski definition) is 1. The van der Waals surface area contributed by atoms with E-state index < -0.39 is 17.8 Å². The highest BCUT2D eigenvalue weighted by Gasteiger charge is 2.70. The van der Waals surface area contributed by atoms with E-state index >= 15 is 0 Å². The summed E-state index contributed by atoms with van der Waals surface area (Å²) >= 11 is 0. The second kappa shape index (κ2) is 4.21. The van der Waals surface area contributed by atoms with Crippen LogP contribution in [-0.2, 0) is 14.3 Å². The number of ether oxygens (including phenoxy) is 1. The quantitative estimate of drug-likeness (QED) is 0.707. The van der Waals surface area contributed by atoms with Crippen LogP contribution in [0, 0.1) is 17.3 Å². The van der Waals surface area contributed by atoms with Crippen molar-refractivity contribution in [2.24, 2.45) is 17.3 Å². The first-order valence-electron chi connectivity index (χ1n) is 5.44. The molecule has 0 aromatic heterocycles. The SMILES string of the molecule is CCOC(=O)[C@H]1[C@H](C(=O)O)C1(CC)CC. The Balaban J connectivity index is 2.81. The van der Waals surface area contributed by atoms with Crippen molar-refractivity contribution in [2.75, 3.05) is 6.61 Å². The van der Waals surface area contributed by atoms with Gasteiger partial charge < -0.3 is 9.84 Å². The summed E-state index contributed by atoms with van der Waals surface area (Å²) in [6.07, 6.45) is 1.42. The lowest BCUT2D eigenvalue weighted by Crippen LogP contribution is -2.12. The zero-order valence-electron chi connectivity index (χ0n) is 9.45. The monoisotopic (exact) mass is 214 g/mol. The third kappa shape index (κ3) is 1.73. The summed E-state index contributed by atoms with van der Waals surface area (Å²) in [5.41, 5.74) is -0.363. The molecule has 0 aromatic rings. The Morgan fingerprint density at radius 3 is 2.00 bits per heavy atom. The van der Waals surface area contributed by atoms with Gasteiger partial charge in [0.15, 0.2) is 0 Å². The van der Waals surface area contributed by atoms with Gasteiger partial charge in [-0.25, -0.2) is 0 Å². The van der Waals surface area contributed by atoms with Crippen LogP contribution in [-0.4, -0.2) is 23.7 Å². The normalized spacial score (nSPS) is 27.1. The van der Waals surface area contributed by atoms with E-state index in [1.165, 1.54) is 0 Å². The van der Waals surface area contributed by atoms with Gasteiger partial charge in [-0.2, -0.15) is 0 Å². The molecule has 86 valence electrons. The highest BCUT2D eigenvalue weighted by atomic mass is 16.5. The lowest BCUT2D eigenvalue weighted by Gasteiger charge is -2.10. The van der Waals surface area contributed by atoms with E-state index in [1.807, 2.05) is 13.8 Å². The van der Waals surface area contributed by atoms with Crippen LogP contribution in [0.3, 0.4) is 0 Å². The van der Waals surface area contributed by atoms with E-state index in [0.717, 1.165) is 0 Å². The molecule has 1 saturated carbocycles. The average Bonchev–Trinajstić information content (AvgIpc) is 2.88. The van der Waals surface area contributed by atoms with Gasteiger partial charge in [0, 0.05) is 0 Å². The lowest BCUT2D eigenvalue weighted by atomic mass is 9.95. The number of carboxylic acids is 1. The molecule has 0 aliphatic heterocycles. The molecule has 0 unspecified atom stereocenters. The molecule has 0 bridgehead atoms. The summed E-state index contributed by atoms with van der Waals surface area (Å²) < 4.78 is 4.90. The van der Waals surface area contributed by atoms with Gasteiger partial charge in [0.05, 0.1) is 18.4 Å². The molecule has 4 nitrogen and oxygen atoms in total. The van der Waals surface area contributed by atoms with Crippen LogP contribution < -0.4 is 0 Å². The maximum Gasteiger partial charge on any atom is 0.310 e. The van der Waals surface area contributed by atoms with Crippen LogP contribution >= 0.6 is 0 Å². The number of carbonyl (C=O) groups is 2. The van der Waals surface area contributed by atoms with E-state index in [4.69, 9.17) is 9.84 Å². The van der Waals surface area contributed by atoms with Crippen molar-refractivity contribution in [1.29, 1.82) is 0 Å². The molecule has 0 amide bonds. The number of carboxylic acid groups (broad SMARTS) is 1. The maximum absolute atomic E-state index is 11.6. The van der Waals surface area contributed by atoms with Crippen molar-refractivity contribution >= 4 is 11.9 Å². The molecule has 0 spiro atoms. The molecule has 1 rings (SSSR count). The van der Waals surface area contributed by atoms with E-state index in [0.29, 0.717) is 19.4 Å². The second-order valence-corrected chi connectivity index (χ2v) is 3.99. The number of rotatable bonds is 5. The Kier molecular flexibility index (Phi) is 3.37. The maximum atomic E-state index is 11.6. The van der Waals surface area contributed by atoms with Crippen LogP contribution in [0.4, 0.5) is 0 Å². The van der Waals surface area contributed by atoms with Crippen molar-refractivity contribution in [3.8, 4) is 0 Å². The molecular formula is C11H18O4. The minimum Gasteiger partial charge on any atom is -0.481 e. The van der Waals surface area contributed by atoms with Crippen molar-refractivity contribution in [1.82, 2.24) is 0 Å². The molecule has 1 N–H and O–H groups in total. The zero-order chi connectivity index (χ0) is 11.6. The average molecular weight is 214 g/mol. The Hall–Kier alpha value is -1.06. The zero-order valence-corrected chi connectivity index (χ0v) is 9.45. The van der Waals surface area contributed by atoms with Gasteiger partial charge in [-0.1, -0.05) is 13.8 Å². The smallest absolute Gasteiger partial charge is 0.310 e. The standard InChI is InChI=1S/C11H18O4/c1-4-11(5-2)7(9(12)13)8(11)10(14)15-6-3/h7-8H,4-6H2,1-3H3,(H,12,13)/t7-,8-/m1/s1. The Labute approximate surface area is 89.6 Å². The molecule has 15 heavy (non-hydrogen) atoms. The molecule has 0 radical (unpaired) electrons. The highest BCUT2D eigenvalue weighted by molar-refractivity contribution is 5.89. The Bertz CT molecular complexity index is 268. The van der Waals surface area contributed by atoms with E-state index in [-0.39, 0.29) is 11.4 Å². The third-order valence-corrected chi connectivity index (χ3v) is 3.59. The van der Waals surface area contributed by atoms with Crippen LogP contribution in [0.1, 0.15) is 33.6 Å². The van der Waals surface area contributed by atoms with Crippen molar-refractivity contribution in [3.63, 3.8) is 0 Å². The van der Waals surface area contributed by atoms with Gasteiger partial charge in [-0.3, -0.25) is 9.59 Å². The summed E-state index contributed by atoms with van der Waals surface area (Å²) in [6, 6.07) is 0. The summed E-state index contributed by atoms with van der Waals surface area (Å²) in [5.74, 6) is -2.22. The van der Waals surface area contributed by atoms with E-state index in [2.05, 4.69) is 0 Å². The molecule has 4 heteroatoms. The van der Waals surface area contributed by atoms with Gasteiger partial charge in [-0.05, 0) is 25.2 Å².